The van der Waals surface area contributed by atoms with Crippen LogP contribution in [0.15, 0.2) is 48.5 Å². The van der Waals surface area contributed by atoms with E-state index in [-0.39, 0.29) is 24.8 Å². The fraction of sp³-hybridized carbons (Fsp3) is 0.417. The van der Waals surface area contributed by atoms with Crippen LogP contribution in [0.1, 0.15) is 30.3 Å². The van der Waals surface area contributed by atoms with Gasteiger partial charge in [0.2, 0.25) is 0 Å². The molecule has 1 atom stereocenters. The second kappa shape index (κ2) is 10.5. The lowest BCUT2D eigenvalue weighted by Gasteiger charge is -2.32. The molecule has 1 aliphatic heterocycles. The number of ether oxygens (including phenoxy) is 1. The minimum atomic E-state index is -0.330. The molecule has 2 heterocycles. The summed E-state index contributed by atoms with van der Waals surface area (Å²) in [6.07, 6.45) is 2.23. The molecule has 3 aromatic rings. The number of para-hydroxylation sites is 2. The molecule has 4 rings (SSSR count). The third-order valence-electron chi connectivity index (χ3n) is 5.97. The Morgan fingerprint density at radius 1 is 1.22 bits per heavy atom. The van der Waals surface area contributed by atoms with Gasteiger partial charge in [0.1, 0.15) is 18.2 Å². The van der Waals surface area contributed by atoms with E-state index in [1.165, 1.54) is 0 Å². The zero-order chi connectivity index (χ0) is 22.3. The lowest BCUT2D eigenvalue weighted by atomic mass is 10.0. The Bertz CT molecular complexity index is 982. The van der Waals surface area contributed by atoms with Crippen LogP contribution in [0.2, 0.25) is 0 Å². The number of nitrogens with zero attached hydrogens (tertiary/aromatic N) is 2. The molecule has 0 bridgehead atoms. The van der Waals surface area contributed by atoms with Crippen LogP contribution < -0.4 is 15.4 Å². The largest absolute Gasteiger partial charge is 0.497 e. The van der Waals surface area contributed by atoms with Crippen molar-refractivity contribution in [3.8, 4) is 5.75 Å². The number of carbonyl (C=O) groups is 1. The molecule has 1 fully saturated rings. The number of urea groups is 1. The molecule has 7 nitrogen and oxygen atoms in total. The highest BCUT2D eigenvalue weighted by molar-refractivity contribution is 5.76. The molecular formula is C24H30FN5O2. The molecule has 0 radical (unpaired) electrons. The van der Waals surface area contributed by atoms with Gasteiger partial charge in [-0.3, -0.25) is 0 Å². The third kappa shape index (κ3) is 5.56. The molecule has 0 spiro atoms. The molecule has 3 N–H and O–H groups in total. The number of piperidine rings is 1. The Kier molecular flexibility index (Phi) is 7.21. The summed E-state index contributed by atoms with van der Waals surface area (Å²) in [6.45, 7) is 1.74. The fourth-order valence-electron chi connectivity index (χ4n) is 4.16. The van der Waals surface area contributed by atoms with Crippen LogP contribution in [-0.2, 0) is 6.42 Å². The maximum Gasteiger partial charge on any atom is 0.315 e. The number of imidazole rings is 1. The van der Waals surface area contributed by atoms with E-state index < -0.39 is 0 Å². The summed E-state index contributed by atoms with van der Waals surface area (Å²) in [5.41, 5.74) is 2.87. The van der Waals surface area contributed by atoms with Crippen LogP contribution in [0.25, 0.3) is 11.0 Å². The first-order chi connectivity index (χ1) is 15.6. The Labute approximate surface area is 187 Å². The van der Waals surface area contributed by atoms with Crippen molar-refractivity contribution < 1.29 is 13.9 Å². The van der Waals surface area contributed by atoms with E-state index in [0.29, 0.717) is 13.0 Å². The van der Waals surface area contributed by atoms with Crippen molar-refractivity contribution in [2.75, 3.05) is 33.4 Å². The Hall–Kier alpha value is -3.13. The van der Waals surface area contributed by atoms with E-state index in [0.717, 1.165) is 54.1 Å². The molecule has 1 aliphatic rings. The van der Waals surface area contributed by atoms with Gasteiger partial charge in [-0.25, -0.2) is 14.2 Å². The third-order valence-corrected chi connectivity index (χ3v) is 5.97. The van der Waals surface area contributed by atoms with E-state index >= 15 is 0 Å². The number of alkyl halides is 1. The maximum absolute atomic E-state index is 12.9. The van der Waals surface area contributed by atoms with Crippen LogP contribution in [0.4, 0.5) is 9.18 Å². The van der Waals surface area contributed by atoms with Crippen LogP contribution in [0.5, 0.6) is 5.75 Å². The molecule has 2 aromatic carbocycles. The van der Waals surface area contributed by atoms with E-state index in [9.17, 15) is 9.18 Å². The monoisotopic (exact) mass is 439 g/mol. The number of rotatable bonds is 8. The molecule has 8 heteroatoms. The number of hydrogen-bond donors (Lipinski definition) is 3. The summed E-state index contributed by atoms with van der Waals surface area (Å²) in [7, 11) is 1.64. The molecule has 1 unspecified atom stereocenters. The number of fused-ring (bicyclic) bond motifs is 1. The van der Waals surface area contributed by atoms with Gasteiger partial charge in [-0.2, -0.15) is 0 Å². The predicted octanol–water partition coefficient (Wildman–Crippen LogP) is 3.59. The fourth-order valence-corrected chi connectivity index (χ4v) is 4.16. The first-order valence-corrected chi connectivity index (χ1v) is 11.1. The summed E-state index contributed by atoms with van der Waals surface area (Å²) in [6, 6.07) is 15.2. The summed E-state index contributed by atoms with van der Waals surface area (Å²) in [5.74, 6) is 1.51. The Morgan fingerprint density at radius 2 is 1.97 bits per heavy atom. The second-order valence-electron chi connectivity index (χ2n) is 8.17. The number of halogens is 1. The number of benzene rings is 2. The lowest BCUT2D eigenvalue weighted by molar-refractivity contribution is 0.181. The summed E-state index contributed by atoms with van der Waals surface area (Å²) in [4.78, 5) is 23.0. The zero-order valence-electron chi connectivity index (χ0n) is 18.3. The number of likely N-dealkylation sites (tertiary alicyclic amines) is 1. The van der Waals surface area contributed by atoms with Crippen LogP contribution in [-0.4, -0.2) is 60.4 Å². The molecular weight excluding hydrogens is 409 g/mol. The van der Waals surface area contributed by atoms with Gasteiger partial charge >= 0.3 is 6.03 Å². The van der Waals surface area contributed by atoms with Gasteiger partial charge in [-0.05, 0) is 49.1 Å². The van der Waals surface area contributed by atoms with Crippen molar-refractivity contribution in [2.24, 2.45) is 0 Å². The molecule has 32 heavy (non-hydrogen) atoms. The van der Waals surface area contributed by atoms with Crippen molar-refractivity contribution in [2.45, 2.75) is 31.3 Å². The minimum absolute atomic E-state index is 0.0863. The van der Waals surface area contributed by atoms with Crippen molar-refractivity contribution in [1.82, 2.24) is 25.5 Å². The number of carbonyl (C=O) groups excluding carboxylic acids is 1. The van der Waals surface area contributed by atoms with Crippen LogP contribution in [0.3, 0.4) is 0 Å². The van der Waals surface area contributed by atoms with E-state index in [1.807, 2.05) is 48.5 Å². The Balaban J connectivity index is 1.45. The van der Waals surface area contributed by atoms with Crippen molar-refractivity contribution >= 4 is 17.1 Å². The average molecular weight is 440 g/mol. The van der Waals surface area contributed by atoms with Gasteiger partial charge < -0.3 is 25.3 Å². The van der Waals surface area contributed by atoms with Gasteiger partial charge in [0.15, 0.2) is 0 Å². The highest BCUT2D eigenvalue weighted by atomic mass is 19.1. The van der Waals surface area contributed by atoms with E-state index in [2.05, 4.69) is 20.5 Å². The van der Waals surface area contributed by atoms with Crippen molar-refractivity contribution in [3.05, 3.63) is 59.9 Å². The van der Waals surface area contributed by atoms with E-state index in [1.54, 1.807) is 7.11 Å². The zero-order valence-corrected chi connectivity index (χ0v) is 18.3. The van der Waals surface area contributed by atoms with Crippen molar-refractivity contribution in [1.29, 1.82) is 0 Å². The normalized spacial score (nSPS) is 16.1. The summed E-state index contributed by atoms with van der Waals surface area (Å²) in [5, 5.41) is 6.19. The SMILES string of the molecule is COc1ccc(CC(NC(=O)NC2CCN(CCF)CC2)c2nc3ccccc3[nH]2)cc1. The molecule has 1 aromatic heterocycles. The summed E-state index contributed by atoms with van der Waals surface area (Å²) < 4.78 is 17.8. The first kappa shape index (κ1) is 22.1. The molecule has 1 saturated heterocycles. The number of aromatic nitrogens is 2. The quantitative estimate of drug-likeness (QED) is 0.501. The smallest absolute Gasteiger partial charge is 0.315 e. The standard InChI is InChI=1S/C24H30FN5O2/c1-32-19-8-6-17(7-9-19)16-22(23-27-20-4-2-3-5-21(20)28-23)29-24(31)26-18-10-13-30(14-11-18)15-12-25/h2-9,18,22H,10-16H2,1H3,(H,27,28)(H2,26,29,31). The van der Waals surface area contributed by atoms with E-state index in [4.69, 9.17) is 9.72 Å². The van der Waals surface area contributed by atoms with Gasteiger partial charge in [-0.15, -0.1) is 0 Å². The van der Waals surface area contributed by atoms with Crippen LogP contribution >= 0.6 is 0 Å². The maximum atomic E-state index is 12.9. The number of aromatic amines is 1. The number of H-pyrrole nitrogens is 1. The molecule has 0 saturated carbocycles. The number of nitrogens with one attached hydrogen (secondary N) is 3. The first-order valence-electron chi connectivity index (χ1n) is 11.1. The van der Waals surface area contributed by atoms with Gasteiger partial charge in [0.05, 0.1) is 24.2 Å². The molecule has 2 amide bonds. The van der Waals surface area contributed by atoms with Gasteiger partial charge in [0.25, 0.3) is 0 Å². The van der Waals surface area contributed by atoms with Gasteiger partial charge in [-0.1, -0.05) is 24.3 Å². The molecule has 170 valence electrons. The number of methoxy groups -OCH3 is 1. The lowest BCUT2D eigenvalue weighted by Crippen LogP contribution is -2.49. The topological polar surface area (TPSA) is 82.3 Å². The minimum Gasteiger partial charge on any atom is -0.497 e. The van der Waals surface area contributed by atoms with Crippen molar-refractivity contribution in [3.63, 3.8) is 0 Å². The number of hydrogen-bond acceptors (Lipinski definition) is 4. The Morgan fingerprint density at radius 3 is 2.66 bits per heavy atom. The average Bonchev–Trinajstić information content (AvgIpc) is 3.25. The molecule has 0 aliphatic carbocycles. The van der Waals surface area contributed by atoms with Crippen LogP contribution in [0, 0.1) is 0 Å². The summed E-state index contributed by atoms with van der Waals surface area (Å²) >= 11 is 0. The predicted molar refractivity (Wildman–Crippen MR) is 123 cm³/mol. The highest BCUT2D eigenvalue weighted by Gasteiger charge is 2.23. The number of amides is 2. The second-order valence-corrected chi connectivity index (χ2v) is 8.17. The highest BCUT2D eigenvalue weighted by Crippen LogP contribution is 2.21. The van der Waals surface area contributed by atoms with Gasteiger partial charge in [0, 0.05) is 25.7 Å².